The number of piperidine rings is 1. The molecule has 146 valence electrons. The zero-order valence-electron chi connectivity index (χ0n) is 16.5. The third kappa shape index (κ3) is 3.28. The Morgan fingerprint density at radius 2 is 1.86 bits per heavy atom. The van der Waals surface area contributed by atoms with Gasteiger partial charge in [0.25, 0.3) is 5.91 Å². The normalized spacial score (nSPS) is 15.0. The van der Waals surface area contributed by atoms with Crippen LogP contribution in [-0.2, 0) is 0 Å². The minimum absolute atomic E-state index is 0.102. The van der Waals surface area contributed by atoms with E-state index in [1.807, 2.05) is 53.8 Å². The second kappa shape index (κ2) is 7.50. The molecule has 0 saturated carbocycles. The number of carbonyl (C=O) groups is 1. The highest BCUT2D eigenvalue weighted by molar-refractivity contribution is 5.96. The van der Waals surface area contributed by atoms with Crippen LogP contribution in [-0.4, -0.2) is 50.3 Å². The van der Waals surface area contributed by atoms with Gasteiger partial charge in [-0.3, -0.25) is 4.79 Å². The molecule has 1 aliphatic heterocycles. The van der Waals surface area contributed by atoms with Gasteiger partial charge in [0.05, 0.1) is 18.7 Å². The number of ether oxygens (including phenoxy) is 1. The van der Waals surface area contributed by atoms with Crippen molar-refractivity contribution in [1.82, 2.24) is 24.2 Å². The van der Waals surface area contributed by atoms with Gasteiger partial charge in [0.2, 0.25) is 0 Å². The van der Waals surface area contributed by atoms with Gasteiger partial charge in [-0.25, -0.2) is 9.67 Å². The van der Waals surface area contributed by atoms with Gasteiger partial charge in [0.15, 0.2) is 0 Å². The molecule has 1 saturated heterocycles. The lowest BCUT2D eigenvalue weighted by Gasteiger charge is -2.32. The molecule has 0 atom stereocenters. The Kier molecular flexibility index (Phi) is 4.90. The summed E-state index contributed by atoms with van der Waals surface area (Å²) in [5, 5.41) is 4.23. The summed E-state index contributed by atoms with van der Waals surface area (Å²) in [4.78, 5) is 19.1. The minimum Gasteiger partial charge on any atom is -0.497 e. The van der Waals surface area contributed by atoms with E-state index >= 15 is 0 Å². The topological polar surface area (TPSA) is 65.2 Å². The van der Waals surface area contributed by atoms with E-state index in [0.29, 0.717) is 6.04 Å². The lowest BCUT2D eigenvalue weighted by atomic mass is 10.0. The standard InChI is InChI=1S/C21H25N5O2/c1-15-12-20(16(2)26(15)18-4-6-19(28-3)7-5-18)21(27)24-10-8-17(9-11-24)25-14-22-13-23-25/h4-7,12-14,17H,8-11H2,1-3H3. The Labute approximate surface area is 164 Å². The first-order chi connectivity index (χ1) is 13.6. The molecular formula is C21H25N5O2. The van der Waals surface area contributed by atoms with Gasteiger partial charge in [0.1, 0.15) is 18.4 Å². The van der Waals surface area contributed by atoms with Gasteiger partial charge in [-0.2, -0.15) is 5.10 Å². The van der Waals surface area contributed by atoms with Crippen LogP contribution >= 0.6 is 0 Å². The van der Waals surface area contributed by atoms with Crippen molar-refractivity contribution in [3.63, 3.8) is 0 Å². The zero-order chi connectivity index (χ0) is 19.7. The van der Waals surface area contributed by atoms with Crippen LogP contribution in [0.25, 0.3) is 5.69 Å². The van der Waals surface area contributed by atoms with Gasteiger partial charge in [0, 0.05) is 30.2 Å². The monoisotopic (exact) mass is 379 g/mol. The van der Waals surface area contributed by atoms with Gasteiger partial charge in [-0.15, -0.1) is 0 Å². The van der Waals surface area contributed by atoms with Crippen molar-refractivity contribution in [1.29, 1.82) is 0 Å². The lowest BCUT2D eigenvalue weighted by molar-refractivity contribution is 0.0689. The smallest absolute Gasteiger partial charge is 0.255 e. The summed E-state index contributed by atoms with van der Waals surface area (Å²) in [6, 6.07) is 10.2. The Morgan fingerprint density at radius 3 is 2.46 bits per heavy atom. The number of aryl methyl sites for hydroxylation is 1. The predicted octanol–water partition coefficient (Wildman–Crippen LogP) is 3.17. The molecule has 0 spiro atoms. The highest BCUT2D eigenvalue weighted by Gasteiger charge is 2.27. The molecule has 2 aromatic heterocycles. The molecule has 1 aromatic carbocycles. The summed E-state index contributed by atoms with van der Waals surface area (Å²) in [6.07, 6.45) is 5.11. The summed E-state index contributed by atoms with van der Waals surface area (Å²) in [5.74, 6) is 0.919. The quantitative estimate of drug-likeness (QED) is 0.698. The van der Waals surface area contributed by atoms with E-state index in [0.717, 1.165) is 54.3 Å². The molecule has 0 N–H and O–H groups in total. The van der Waals surface area contributed by atoms with Crippen LogP contribution in [0.2, 0.25) is 0 Å². The van der Waals surface area contributed by atoms with Crippen molar-refractivity contribution >= 4 is 5.91 Å². The van der Waals surface area contributed by atoms with Crippen molar-refractivity contribution in [2.45, 2.75) is 32.7 Å². The van der Waals surface area contributed by atoms with E-state index in [-0.39, 0.29) is 5.91 Å². The van der Waals surface area contributed by atoms with E-state index in [1.165, 1.54) is 0 Å². The van der Waals surface area contributed by atoms with Crippen LogP contribution in [0, 0.1) is 13.8 Å². The highest BCUT2D eigenvalue weighted by Crippen LogP contribution is 2.26. The van der Waals surface area contributed by atoms with Crippen LogP contribution in [0.4, 0.5) is 0 Å². The fourth-order valence-electron chi connectivity index (χ4n) is 4.02. The maximum atomic E-state index is 13.2. The van der Waals surface area contributed by atoms with Crippen molar-refractivity contribution < 1.29 is 9.53 Å². The number of hydrogen-bond donors (Lipinski definition) is 0. The van der Waals surface area contributed by atoms with Crippen molar-refractivity contribution in [3.8, 4) is 11.4 Å². The molecule has 7 heteroatoms. The van der Waals surface area contributed by atoms with Crippen LogP contribution < -0.4 is 4.74 Å². The number of amides is 1. The van der Waals surface area contributed by atoms with Gasteiger partial charge >= 0.3 is 0 Å². The summed E-state index contributed by atoms with van der Waals surface area (Å²) in [5.41, 5.74) is 3.81. The van der Waals surface area contributed by atoms with Crippen molar-refractivity contribution in [2.75, 3.05) is 20.2 Å². The SMILES string of the molecule is COc1ccc(-n2c(C)cc(C(=O)N3CCC(n4cncn4)CC3)c2C)cc1. The first-order valence-electron chi connectivity index (χ1n) is 9.55. The number of benzene rings is 1. The summed E-state index contributed by atoms with van der Waals surface area (Å²) >= 11 is 0. The molecule has 1 fully saturated rings. The number of aromatic nitrogens is 4. The molecule has 0 bridgehead atoms. The van der Waals surface area contributed by atoms with E-state index in [9.17, 15) is 4.79 Å². The average molecular weight is 379 g/mol. The summed E-state index contributed by atoms with van der Waals surface area (Å²) in [6.45, 7) is 5.50. The fourth-order valence-corrected chi connectivity index (χ4v) is 4.02. The molecule has 4 rings (SSSR count). The first-order valence-corrected chi connectivity index (χ1v) is 9.55. The molecule has 3 heterocycles. The average Bonchev–Trinajstić information content (AvgIpc) is 3.36. The second-order valence-electron chi connectivity index (χ2n) is 7.22. The van der Waals surface area contributed by atoms with Gasteiger partial charge in [-0.1, -0.05) is 0 Å². The molecule has 0 unspecified atom stereocenters. The largest absolute Gasteiger partial charge is 0.497 e. The minimum atomic E-state index is 0.102. The molecule has 0 aliphatic carbocycles. The maximum absolute atomic E-state index is 13.2. The van der Waals surface area contributed by atoms with Crippen LogP contribution in [0.1, 0.15) is 40.6 Å². The molecule has 0 radical (unpaired) electrons. The van der Waals surface area contributed by atoms with Crippen molar-refractivity contribution in [3.05, 3.63) is 59.9 Å². The number of methoxy groups -OCH3 is 1. The third-order valence-corrected chi connectivity index (χ3v) is 5.55. The molecule has 7 nitrogen and oxygen atoms in total. The Hall–Kier alpha value is -3.09. The summed E-state index contributed by atoms with van der Waals surface area (Å²) in [7, 11) is 1.66. The first kappa shape index (κ1) is 18.3. The molecule has 28 heavy (non-hydrogen) atoms. The van der Waals surface area contributed by atoms with E-state index in [1.54, 1.807) is 19.8 Å². The number of carbonyl (C=O) groups excluding carboxylic acids is 1. The van der Waals surface area contributed by atoms with E-state index < -0.39 is 0 Å². The second-order valence-corrected chi connectivity index (χ2v) is 7.22. The molecule has 1 aliphatic rings. The summed E-state index contributed by atoms with van der Waals surface area (Å²) < 4.78 is 9.26. The Bertz CT molecular complexity index is 952. The zero-order valence-corrected chi connectivity index (χ0v) is 16.5. The maximum Gasteiger partial charge on any atom is 0.255 e. The van der Waals surface area contributed by atoms with E-state index in [2.05, 4.69) is 14.6 Å². The number of nitrogens with zero attached hydrogens (tertiary/aromatic N) is 5. The third-order valence-electron chi connectivity index (χ3n) is 5.55. The Morgan fingerprint density at radius 1 is 1.14 bits per heavy atom. The van der Waals surface area contributed by atoms with Crippen LogP contribution in [0.5, 0.6) is 5.75 Å². The molecule has 1 amide bonds. The van der Waals surface area contributed by atoms with Gasteiger partial charge in [-0.05, 0) is 57.0 Å². The van der Waals surface area contributed by atoms with Crippen molar-refractivity contribution in [2.24, 2.45) is 0 Å². The number of likely N-dealkylation sites (tertiary alicyclic amines) is 1. The Balaban J connectivity index is 1.52. The lowest BCUT2D eigenvalue weighted by Crippen LogP contribution is -2.39. The fraction of sp³-hybridized carbons (Fsp3) is 0.381. The highest BCUT2D eigenvalue weighted by atomic mass is 16.5. The van der Waals surface area contributed by atoms with Crippen LogP contribution in [0.15, 0.2) is 43.0 Å². The van der Waals surface area contributed by atoms with Crippen LogP contribution in [0.3, 0.4) is 0 Å². The number of rotatable bonds is 4. The van der Waals surface area contributed by atoms with Gasteiger partial charge < -0.3 is 14.2 Å². The van der Waals surface area contributed by atoms with E-state index in [4.69, 9.17) is 4.74 Å². The molecule has 3 aromatic rings. The predicted molar refractivity (Wildman–Crippen MR) is 106 cm³/mol. The molecular weight excluding hydrogens is 354 g/mol. The number of hydrogen-bond acceptors (Lipinski definition) is 4.